The summed E-state index contributed by atoms with van der Waals surface area (Å²) in [6.07, 6.45) is 1.07. The summed E-state index contributed by atoms with van der Waals surface area (Å²) in [6, 6.07) is 2.79. The number of carbonyl (C=O) groups excluding carboxylic acids is 1. The van der Waals surface area contributed by atoms with E-state index >= 15 is 0 Å². The summed E-state index contributed by atoms with van der Waals surface area (Å²) < 4.78 is 23.8. The highest BCUT2D eigenvalue weighted by Crippen LogP contribution is 2.23. The van der Waals surface area contributed by atoms with Crippen LogP contribution in [0.3, 0.4) is 0 Å². The second kappa shape index (κ2) is 8.08. The van der Waals surface area contributed by atoms with E-state index in [9.17, 15) is 9.18 Å². The number of ether oxygens (including phenoxy) is 2. The molecule has 0 radical (unpaired) electrons. The molecule has 0 N–H and O–H groups in total. The van der Waals surface area contributed by atoms with Crippen molar-refractivity contribution in [2.24, 2.45) is 0 Å². The first-order chi connectivity index (χ1) is 12.8. The number of thiazole rings is 1. The average Bonchev–Trinajstić information content (AvgIpc) is 3.09. The van der Waals surface area contributed by atoms with Crippen LogP contribution in [-0.2, 0) is 11.3 Å². The normalized spacial score (nSPS) is 15.0. The molecule has 9 heteroatoms. The number of hydrogen-bond donors (Lipinski definition) is 0. The van der Waals surface area contributed by atoms with Gasteiger partial charge in [-0.3, -0.25) is 0 Å². The van der Waals surface area contributed by atoms with Gasteiger partial charge in [0.25, 0.3) is 0 Å². The number of hydrogen-bond acceptors (Lipinski definition) is 7. The lowest BCUT2D eigenvalue weighted by atomic mass is 10.2. The number of rotatable bonds is 4. The van der Waals surface area contributed by atoms with Gasteiger partial charge in [-0.1, -0.05) is 0 Å². The Labute approximate surface area is 161 Å². The van der Waals surface area contributed by atoms with Crippen LogP contribution in [0.1, 0.15) is 26.5 Å². The third-order valence-electron chi connectivity index (χ3n) is 3.83. The van der Waals surface area contributed by atoms with Gasteiger partial charge in [0.1, 0.15) is 18.0 Å². The summed E-state index contributed by atoms with van der Waals surface area (Å²) in [5.41, 5.74) is 0.312. The van der Waals surface area contributed by atoms with Crippen molar-refractivity contribution in [1.82, 2.24) is 14.9 Å². The fraction of sp³-hybridized carbons (Fsp3) is 0.500. The van der Waals surface area contributed by atoms with E-state index in [2.05, 4.69) is 14.9 Å². The standard InChI is InChI=1S/C18H23FN4O3S/c1-18(2,3)26-17(24)23-8-6-22(7-9-23)16-21-13(12-27-16)11-25-14-4-5-15(19)20-10-14/h4-5,10,12H,6-9,11H2,1-3H3. The molecule has 146 valence electrons. The fourth-order valence-electron chi connectivity index (χ4n) is 2.52. The quantitative estimate of drug-likeness (QED) is 0.741. The van der Waals surface area contributed by atoms with Crippen molar-refractivity contribution in [3.8, 4) is 5.75 Å². The number of anilines is 1. The van der Waals surface area contributed by atoms with Gasteiger partial charge in [0.05, 0.1) is 11.9 Å². The molecule has 1 fully saturated rings. The monoisotopic (exact) mass is 394 g/mol. The Morgan fingerprint density at radius 1 is 1.26 bits per heavy atom. The number of halogens is 1. The number of amides is 1. The first-order valence-corrected chi connectivity index (χ1v) is 9.60. The average molecular weight is 394 g/mol. The maximum absolute atomic E-state index is 12.8. The van der Waals surface area contributed by atoms with Crippen molar-refractivity contribution in [2.75, 3.05) is 31.1 Å². The molecule has 0 unspecified atom stereocenters. The number of piperazine rings is 1. The van der Waals surface area contributed by atoms with Crippen molar-refractivity contribution in [2.45, 2.75) is 33.0 Å². The summed E-state index contributed by atoms with van der Waals surface area (Å²) in [6.45, 7) is 8.49. The number of nitrogens with zero attached hydrogens (tertiary/aromatic N) is 4. The van der Waals surface area contributed by atoms with Crippen LogP contribution in [-0.4, -0.2) is 52.7 Å². The van der Waals surface area contributed by atoms with Gasteiger partial charge in [0.2, 0.25) is 5.95 Å². The van der Waals surface area contributed by atoms with Crippen molar-refractivity contribution in [3.05, 3.63) is 35.4 Å². The van der Waals surface area contributed by atoms with E-state index < -0.39 is 11.5 Å². The van der Waals surface area contributed by atoms with Crippen LogP contribution in [0.15, 0.2) is 23.7 Å². The van der Waals surface area contributed by atoms with E-state index in [0.29, 0.717) is 38.5 Å². The molecule has 1 saturated heterocycles. The van der Waals surface area contributed by atoms with E-state index in [1.165, 1.54) is 29.7 Å². The van der Waals surface area contributed by atoms with E-state index in [-0.39, 0.29) is 6.09 Å². The smallest absolute Gasteiger partial charge is 0.410 e. The van der Waals surface area contributed by atoms with Crippen LogP contribution in [0, 0.1) is 5.95 Å². The van der Waals surface area contributed by atoms with Crippen LogP contribution in [0.4, 0.5) is 14.3 Å². The molecule has 3 rings (SSSR count). The van der Waals surface area contributed by atoms with Crippen molar-refractivity contribution >= 4 is 22.6 Å². The second-order valence-corrected chi connectivity index (χ2v) is 8.02. The zero-order chi connectivity index (χ0) is 19.4. The Balaban J connectivity index is 1.49. The summed E-state index contributed by atoms with van der Waals surface area (Å²) >= 11 is 1.54. The van der Waals surface area contributed by atoms with Gasteiger partial charge in [0.15, 0.2) is 5.13 Å². The molecular formula is C18H23FN4O3S. The summed E-state index contributed by atoms with van der Waals surface area (Å²) in [5.74, 6) is -0.0410. The van der Waals surface area contributed by atoms with Crippen LogP contribution in [0.2, 0.25) is 0 Å². The Hall–Kier alpha value is -2.42. The molecule has 0 aliphatic carbocycles. The molecule has 0 spiro atoms. The topological polar surface area (TPSA) is 67.8 Å². The Morgan fingerprint density at radius 3 is 2.63 bits per heavy atom. The molecule has 0 bridgehead atoms. The number of carbonyl (C=O) groups is 1. The van der Waals surface area contributed by atoms with Gasteiger partial charge in [0, 0.05) is 31.6 Å². The number of pyridine rings is 1. The zero-order valence-electron chi connectivity index (χ0n) is 15.6. The minimum atomic E-state index is -0.538. The van der Waals surface area contributed by atoms with Gasteiger partial charge in [-0.05, 0) is 32.9 Å². The SMILES string of the molecule is CC(C)(C)OC(=O)N1CCN(c2nc(COc3ccc(F)nc3)cs2)CC1. The third-order valence-corrected chi connectivity index (χ3v) is 4.78. The van der Waals surface area contributed by atoms with Crippen LogP contribution < -0.4 is 9.64 Å². The van der Waals surface area contributed by atoms with Gasteiger partial charge < -0.3 is 19.3 Å². The Bertz CT molecular complexity index is 768. The molecule has 2 aromatic rings. The Morgan fingerprint density at radius 2 is 2.00 bits per heavy atom. The maximum Gasteiger partial charge on any atom is 0.410 e. The highest BCUT2D eigenvalue weighted by Gasteiger charge is 2.26. The lowest BCUT2D eigenvalue weighted by Crippen LogP contribution is -2.50. The lowest BCUT2D eigenvalue weighted by Gasteiger charge is -2.35. The maximum atomic E-state index is 12.8. The highest BCUT2D eigenvalue weighted by atomic mass is 32.1. The molecule has 27 heavy (non-hydrogen) atoms. The molecule has 0 saturated carbocycles. The molecule has 0 atom stereocenters. The largest absolute Gasteiger partial charge is 0.486 e. The molecule has 2 aromatic heterocycles. The van der Waals surface area contributed by atoms with Gasteiger partial charge in [-0.15, -0.1) is 11.3 Å². The van der Waals surface area contributed by atoms with Crippen LogP contribution in [0.5, 0.6) is 5.75 Å². The Kier molecular flexibility index (Phi) is 5.79. The fourth-order valence-corrected chi connectivity index (χ4v) is 3.38. The van der Waals surface area contributed by atoms with Crippen molar-refractivity contribution in [1.29, 1.82) is 0 Å². The molecule has 1 aliphatic heterocycles. The molecule has 7 nitrogen and oxygen atoms in total. The second-order valence-electron chi connectivity index (χ2n) is 7.18. The van der Waals surface area contributed by atoms with Gasteiger partial charge >= 0.3 is 6.09 Å². The van der Waals surface area contributed by atoms with Gasteiger partial charge in [-0.25, -0.2) is 14.8 Å². The number of aromatic nitrogens is 2. The molecule has 1 aliphatic rings. The van der Waals surface area contributed by atoms with Crippen LogP contribution >= 0.6 is 11.3 Å². The van der Waals surface area contributed by atoms with E-state index in [1.54, 1.807) is 4.90 Å². The highest BCUT2D eigenvalue weighted by molar-refractivity contribution is 7.13. The third kappa shape index (κ3) is 5.53. The summed E-state index contributed by atoms with van der Waals surface area (Å²) in [4.78, 5) is 24.1. The molecule has 0 aromatic carbocycles. The minimum absolute atomic E-state index is 0.275. The first-order valence-electron chi connectivity index (χ1n) is 8.72. The van der Waals surface area contributed by atoms with E-state index in [0.717, 1.165) is 10.8 Å². The molecule has 1 amide bonds. The summed E-state index contributed by atoms with van der Waals surface area (Å²) in [5, 5.41) is 2.83. The van der Waals surface area contributed by atoms with Crippen molar-refractivity contribution < 1.29 is 18.7 Å². The van der Waals surface area contributed by atoms with E-state index in [1.807, 2.05) is 26.2 Å². The van der Waals surface area contributed by atoms with Crippen LogP contribution in [0.25, 0.3) is 0 Å². The molecule has 3 heterocycles. The van der Waals surface area contributed by atoms with Gasteiger partial charge in [-0.2, -0.15) is 4.39 Å². The van der Waals surface area contributed by atoms with E-state index in [4.69, 9.17) is 9.47 Å². The molecular weight excluding hydrogens is 371 g/mol. The minimum Gasteiger partial charge on any atom is -0.486 e. The lowest BCUT2D eigenvalue weighted by molar-refractivity contribution is 0.0240. The first kappa shape index (κ1) is 19.3. The summed E-state index contributed by atoms with van der Waals surface area (Å²) in [7, 11) is 0. The predicted octanol–water partition coefficient (Wildman–Crippen LogP) is 3.31. The van der Waals surface area contributed by atoms with Crippen molar-refractivity contribution in [3.63, 3.8) is 0 Å². The zero-order valence-corrected chi connectivity index (χ0v) is 16.5. The predicted molar refractivity (Wildman–Crippen MR) is 101 cm³/mol.